The highest BCUT2D eigenvalue weighted by Gasteiger charge is 2.28. The fraction of sp³-hybridized carbons (Fsp3) is 0.571. The van der Waals surface area contributed by atoms with E-state index in [2.05, 4.69) is 24.1 Å². The van der Waals surface area contributed by atoms with Crippen LogP contribution in [0.5, 0.6) is 0 Å². The number of aryl methyl sites for hydroxylation is 1. The SMILES string of the molecule is CC(C)[C@H](CCc1nc(C(=O)N[C@@H](Cc2ccccc2)C[C@@H](C)C(=O)O)cs1)N(C)C(=O)OC(C)(C)C. The second kappa shape index (κ2) is 13.6. The Balaban J connectivity index is 2.04. The van der Waals surface area contributed by atoms with Gasteiger partial charge in [-0.3, -0.25) is 9.59 Å². The average molecular weight is 532 g/mol. The molecule has 0 aliphatic heterocycles. The molecule has 1 aromatic heterocycles. The van der Waals surface area contributed by atoms with Crippen LogP contribution in [0.1, 0.15) is 75.4 Å². The lowest BCUT2D eigenvalue weighted by atomic mass is 9.96. The highest BCUT2D eigenvalue weighted by atomic mass is 32.1. The van der Waals surface area contributed by atoms with Gasteiger partial charge in [0.15, 0.2) is 0 Å². The van der Waals surface area contributed by atoms with Crippen molar-refractivity contribution in [3.05, 3.63) is 52.0 Å². The summed E-state index contributed by atoms with van der Waals surface area (Å²) in [6.45, 7) is 11.3. The number of aromatic nitrogens is 1. The van der Waals surface area contributed by atoms with E-state index in [1.807, 2.05) is 51.1 Å². The Bertz CT molecular complexity index is 1030. The first-order valence-electron chi connectivity index (χ1n) is 12.7. The zero-order chi connectivity index (χ0) is 27.8. The van der Waals surface area contributed by atoms with Gasteiger partial charge in [-0.15, -0.1) is 11.3 Å². The molecule has 3 atom stereocenters. The lowest BCUT2D eigenvalue weighted by molar-refractivity contribution is -0.141. The van der Waals surface area contributed by atoms with Gasteiger partial charge < -0.3 is 20.1 Å². The highest BCUT2D eigenvalue weighted by Crippen LogP contribution is 2.21. The lowest BCUT2D eigenvalue weighted by Gasteiger charge is -2.33. The normalized spacial score (nSPS) is 14.1. The summed E-state index contributed by atoms with van der Waals surface area (Å²) in [5.74, 6) is -1.57. The van der Waals surface area contributed by atoms with Crippen molar-refractivity contribution in [3.8, 4) is 0 Å². The molecule has 0 bridgehead atoms. The van der Waals surface area contributed by atoms with Crippen LogP contribution in [0.3, 0.4) is 0 Å². The third-order valence-electron chi connectivity index (χ3n) is 6.11. The number of aliphatic carboxylic acids is 1. The maximum absolute atomic E-state index is 13.0. The smallest absolute Gasteiger partial charge is 0.410 e. The van der Waals surface area contributed by atoms with Crippen molar-refractivity contribution < 1.29 is 24.2 Å². The van der Waals surface area contributed by atoms with Crippen LogP contribution in [0, 0.1) is 11.8 Å². The van der Waals surface area contributed by atoms with Crippen LogP contribution >= 0.6 is 11.3 Å². The zero-order valence-electron chi connectivity index (χ0n) is 23.0. The molecule has 37 heavy (non-hydrogen) atoms. The summed E-state index contributed by atoms with van der Waals surface area (Å²) < 4.78 is 5.52. The summed E-state index contributed by atoms with van der Waals surface area (Å²) in [6, 6.07) is 9.32. The zero-order valence-corrected chi connectivity index (χ0v) is 23.8. The first-order valence-corrected chi connectivity index (χ1v) is 13.6. The van der Waals surface area contributed by atoms with Gasteiger partial charge in [-0.1, -0.05) is 51.1 Å². The van der Waals surface area contributed by atoms with E-state index in [9.17, 15) is 19.5 Å². The van der Waals surface area contributed by atoms with Crippen LogP contribution < -0.4 is 5.32 Å². The number of thiazole rings is 1. The minimum atomic E-state index is -0.890. The Morgan fingerprint density at radius 3 is 2.35 bits per heavy atom. The Kier molecular flexibility index (Phi) is 11.1. The van der Waals surface area contributed by atoms with Gasteiger partial charge in [0.1, 0.15) is 11.3 Å². The van der Waals surface area contributed by atoms with Crippen LogP contribution in [0.15, 0.2) is 35.7 Å². The molecule has 0 spiro atoms. The number of amides is 2. The standard InChI is InChI=1S/C28H41N3O5S/c1-18(2)23(31(7)27(35)36-28(4,5)6)13-14-24-30-22(17-37-24)25(32)29-21(15-19(3)26(33)34)16-20-11-9-8-10-12-20/h8-12,17-19,21,23H,13-16H2,1-7H3,(H,29,32)(H,33,34)/t19-,21-,23+/m1/s1. The molecule has 0 fully saturated rings. The lowest BCUT2D eigenvalue weighted by Crippen LogP contribution is -2.43. The second-order valence-electron chi connectivity index (χ2n) is 10.9. The van der Waals surface area contributed by atoms with Gasteiger partial charge in [0.2, 0.25) is 0 Å². The number of nitrogens with zero attached hydrogens (tertiary/aromatic N) is 2. The van der Waals surface area contributed by atoms with E-state index in [1.165, 1.54) is 11.3 Å². The third-order valence-corrected chi connectivity index (χ3v) is 7.02. The van der Waals surface area contributed by atoms with E-state index in [4.69, 9.17) is 4.74 Å². The molecule has 0 unspecified atom stereocenters. The van der Waals surface area contributed by atoms with Gasteiger partial charge >= 0.3 is 12.1 Å². The van der Waals surface area contributed by atoms with Crippen molar-refractivity contribution in [1.82, 2.24) is 15.2 Å². The average Bonchev–Trinajstić information content (AvgIpc) is 3.27. The summed E-state index contributed by atoms with van der Waals surface area (Å²) in [5.41, 5.74) is 0.784. The number of hydrogen-bond acceptors (Lipinski definition) is 6. The Morgan fingerprint density at radius 1 is 1.14 bits per heavy atom. The van der Waals surface area contributed by atoms with E-state index in [1.54, 1.807) is 24.3 Å². The number of hydrogen-bond donors (Lipinski definition) is 2. The minimum Gasteiger partial charge on any atom is -0.481 e. The quantitative estimate of drug-likeness (QED) is 0.379. The van der Waals surface area contributed by atoms with Crippen LogP contribution in [0.4, 0.5) is 4.79 Å². The summed E-state index contributed by atoms with van der Waals surface area (Å²) in [6.07, 6.45) is 1.81. The Hall–Kier alpha value is -2.94. The largest absolute Gasteiger partial charge is 0.481 e. The Morgan fingerprint density at radius 2 is 1.78 bits per heavy atom. The maximum Gasteiger partial charge on any atom is 0.410 e. The topological polar surface area (TPSA) is 109 Å². The number of rotatable bonds is 12. The van der Waals surface area contributed by atoms with E-state index < -0.39 is 17.5 Å². The molecule has 1 heterocycles. The molecule has 0 radical (unpaired) electrons. The number of carbonyl (C=O) groups excluding carboxylic acids is 2. The highest BCUT2D eigenvalue weighted by molar-refractivity contribution is 7.09. The molecule has 0 saturated heterocycles. The van der Waals surface area contributed by atoms with E-state index in [0.29, 0.717) is 31.4 Å². The number of carbonyl (C=O) groups is 3. The number of benzene rings is 1. The second-order valence-corrected chi connectivity index (χ2v) is 11.8. The van der Waals surface area contributed by atoms with E-state index in [0.717, 1.165) is 10.6 Å². The van der Waals surface area contributed by atoms with Crippen LogP contribution in [0.25, 0.3) is 0 Å². The first-order chi connectivity index (χ1) is 17.3. The number of ether oxygens (including phenoxy) is 1. The molecule has 9 heteroatoms. The van der Waals surface area contributed by atoms with Crippen molar-refractivity contribution >= 4 is 29.3 Å². The van der Waals surface area contributed by atoms with Gasteiger partial charge in [-0.25, -0.2) is 9.78 Å². The molecule has 204 valence electrons. The first kappa shape index (κ1) is 30.3. The number of nitrogens with one attached hydrogen (secondary N) is 1. The van der Waals surface area contributed by atoms with Gasteiger partial charge in [-0.05, 0) is 51.5 Å². The predicted molar refractivity (Wildman–Crippen MR) is 146 cm³/mol. The molecular formula is C28H41N3O5S. The van der Waals surface area contributed by atoms with Gasteiger partial charge in [0.05, 0.1) is 10.9 Å². The van der Waals surface area contributed by atoms with Gasteiger partial charge in [0.25, 0.3) is 5.91 Å². The van der Waals surface area contributed by atoms with Crippen molar-refractivity contribution in [1.29, 1.82) is 0 Å². The molecule has 0 saturated carbocycles. The minimum absolute atomic E-state index is 0.0382. The van der Waals surface area contributed by atoms with Crippen LogP contribution in [0.2, 0.25) is 0 Å². The van der Waals surface area contributed by atoms with Crippen molar-refractivity contribution in [2.24, 2.45) is 11.8 Å². The number of carboxylic acid groups (broad SMARTS) is 1. The molecule has 8 nitrogen and oxygen atoms in total. The molecule has 2 amide bonds. The summed E-state index contributed by atoms with van der Waals surface area (Å²) >= 11 is 1.41. The summed E-state index contributed by atoms with van der Waals surface area (Å²) in [5, 5.41) is 14.9. The fourth-order valence-electron chi connectivity index (χ4n) is 4.12. The van der Waals surface area contributed by atoms with Crippen LogP contribution in [-0.4, -0.2) is 57.7 Å². The molecule has 2 N–H and O–H groups in total. The molecule has 2 rings (SSSR count). The Labute approximate surface area is 224 Å². The van der Waals surface area contributed by atoms with Crippen molar-refractivity contribution in [2.75, 3.05) is 7.05 Å². The summed E-state index contributed by atoms with van der Waals surface area (Å²) in [4.78, 5) is 43.2. The summed E-state index contributed by atoms with van der Waals surface area (Å²) in [7, 11) is 1.75. The fourth-order valence-corrected chi connectivity index (χ4v) is 4.92. The monoisotopic (exact) mass is 531 g/mol. The molecule has 0 aliphatic rings. The third kappa shape index (κ3) is 10.1. The van der Waals surface area contributed by atoms with Crippen LogP contribution in [-0.2, 0) is 22.4 Å². The molecular weight excluding hydrogens is 490 g/mol. The number of carboxylic acids is 1. The van der Waals surface area contributed by atoms with Gasteiger partial charge in [0, 0.05) is 30.9 Å². The molecule has 2 aromatic rings. The van der Waals surface area contributed by atoms with E-state index >= 15 is 0 Å². The van der Waals surface area contributed by atoms with Crippen molar-refractivity contribution in [2.45, 2.75) is 84.9 Å². The molecule has 1 aromatic carbocycles. The van der Waals surface area contributed by atoms with E-state index in [-0.39, 0.29) is 30.0 Å². The van der Waals surface area contributed by atoms with Gasteiger partial charge in [-0.2, -0.15) is 0 Å². The van der Waals surface area contributed by atoms with Crippen molar-refractivity contribution in [3.63, 3.8) is 0 Å². The maximum atomic E-state index is 13.0. The molecule has 0 aliphatic carbocycles. The predicted octanol–water partition coefficient (Wildman–Crippen LogP) is 5.42.